The van der Waals surface area contributed by atoms with E-state index in [1.54, 1.807) is 0 Å². The Balaban J connectivity index is 0.847. The topological polar surface area (TPSA) is 6.48 Å². The summed E-state index contributed by atoms with van der Waals surface area (Å²) in [4.78, 5) is 5.02. The van der Waals surface area contributed by atoms with Crippen LogP contribution >= 0.6 is 0 Å². The maximum atomic E-state index is 2.55. The van der Waals surface area contributed by atoms with Gasteiger partial charge in [-0.2, -0.15) is 0 Å². The van der Waals surface area contributed by atoms with Crippen LogP contribution in [-0.2, 0) is 23.7 Å². The number of hydrogen-bond acceptors (Lipinski definition) is 2. The van der Waals surface area contributed by atoms with Crippen LogP contribution in [0, 0.1) is 0 Å². The van der Waals surface area contributed by atoms with Crippen LogP contribution < -0.4 is 9.80 Å². The number of anilines is 5. The highest BCUT2D eigenvalue weighted by Crippen LogP contribution is 2.63. The highest BCUT2D eigenvalue weighted by molar-refractivity contribution is 5.97. The van der Waals surface area contributed by atoms with Crippen LogP contribution in [0.4, 0.5) is 28.4 Å². The summed E-state index contributed by atoms with van der Waals surface area (Å²) in [6.45, 7) is 5.82. The Bertz CT molecular complexity index is 3460. The molecule has 9 aromatic rings. The molecule has 0 amide bonds. The van der Waals surface area contributed by atoms with Gasteiger partial charge < -0.3 is 9.80 Å². The molecule has 9 aromatic carbocycles. The van der Waals surface area contributed by atoms with Crippen LogP contribution in [0.3, 0.4) is 0 Å². The monoisotopic (exact) mass is 844 g/mol. The van der Waals surface area contributed by atoms with Gasteiger partial charge in [0, 0.05) is 46.8 Å². The van der Waals surface area contributed by atoms with Gasteiger partial charge in [-0.3, -0.25) is 0 Å². The van der Waals surface area contributed by atoms with Gasteiger partial charge >= 0.3 is 0 Å². The fourth-order valence-corrected chi connectivity index (χ4v) is 12.8. The lowest BCUT2D eigenvalue weighted by atomic mass is 9.70. The van der Waals surface area contributed by atoms with E-state index in [-0.39, 0.29) is 5.41 Å². The lowest BCUT2D eigenvalue weighted by Crippen LogP contribution is -2.27. The molecule has 1 spiro atoms. The molecule has 314 valence electrons. The van der Waals surface area contributed by atoms with Crippen LogP contribution in [0.5, 0.6) is 0 Å². The van der Waals surface area contributed by atoms with E-state index in [0.717, 1.165) is 25.8 Å². The van der Waals surface area contributed by atoms with Crippen LogP contribution in [0.1, 0.15) is 81.5 Å². The molecule has 2 heteroatoms. The second kappa shape index (κ2) is 13.9. The summed E-state index contributed by atoms with van der Waals surface area (Å²) < 4.78 is 0. The lowest BCUT2D eigenvalue weighted by Gasteiger charge is -2.34. The number of aryl methyl sites for hydroxylation is 1. The molecule has 14 rings (SSSR count). The van der Waals surface area contributed by atoms with E-state index < -0.39 is 5.41 Å². The summed E-state index contributed by atoms with van der Waals surface area (Å²) >= 11 is 0. The van der Waals surface area contributed by atoms with Crippen molar-refractivity contribution in [3.63, 3.8) is 0 Å². The Labute approximate surface area is 387 Å². The molecular weight excluding hydrogens is 797 g/mol. The van der Waals surface area contributed by atoms with Gasteiger partial charge in [-0.05, 0) is 156 Å². The second-order valence-electron chi connectivity index (χ2n) is 19.5. The molecule has 0 saturated heterocycles. The van der Waals surface area contributed by atoms with Gasteiger partial charge in [0.05, 0.1) is 5.41 Å². The Hall–Kier alpha value is -7.68. The third-order valence-corrected chi connectivity index (χ3v) is 15.8. The smallest absolute Gasteiger partial charge is 0.0726 e. The summed E-state index contributed by atoms with van der Waals surface area (Å²) in [5.41, 5.74) is 28.6. The van der Waals surface area contributed by atoms with Crippen LogP contribution in [0.15, 0.2) is 194 Å². The van der Waals surface area contributed by atoms with Crippen molar-refractivity contribution in [3.8, 4) is 33.4 Å². The highest BCUT2D eigenvalue weighted by Gasteiger charge is 2.52. The average Bonchev–Trinajstić information content (AvgIpc) is 3.92. The van der Waals surface area contributed by atoms with Crippen molar-refractivity contribution >= 4 is 40.6 Å². The fraction of sp³-hybridized carbons (Fsp3) is 0.125. The summed E-state index contributed by atoms with van der Waals surface area (Å²) in [7, 11) is 0. The third-order valence-electron chi connectivity index (χ3n) is 15.8. The van der Waals surface area contributed by atoms with Gasteiger partial charge in [-0.25, -0.2) is 0 Å². The summed E-state index contributed by atoms with van der Waals surface area (Å²) in [5, 5.41) is 0. The number of hydrogen-bond donors (Lipinski definition) is 0. The Kier molecular flexibility index (Phi) is 7.94. The zero-order chi connectivity index (χ0) is 43.7. The van der Waals surface area contributed by atoms with E-state index >= 15 is 0 Å². The molecular formula is C64H48N2. The van der Waals surface area contributed by atoms with E-state index in [0.29, 0.717) is 0 Å². The standard InChI is InChI=1S/C64H48N2/c1-63(2)56-36-41(27-31-50(56)51-34-30-47(40-57(51)63)66-61-23-11-4-15-44(61)38-45-16-5-12-24-62(45)66)25-26-42-28-32-52-53-33-29-46(65-35-13-17-43-14-3-10-22-60(43)65)39-59(53)64(58(52)37-42)54-20-8-6-18-48(54)49-19-7-9-21-55(49)64/h3-12,14-16,18-34,36-37,39-40H,13,17,35,38H2,1-2H3. The number of benzene rings is 9. The minimum Gasteiger partial charge on any atom is -0.341 e. The molecule has 0 fully saturated rings. The van der Waals surface area contributed by atoms with Crippen molar-refractivity contribution in [2.45, 2.75) is 43.9 Å². The molecule has 0 atom stereocenters. The first-order valence-electron chi connectivity index (χ1n) is 23.7. The molecule has 0 aromatic heterocycles. The Morgan fingerprint density at radius 2 is 0.848 bits per heavy atom. The molecule has 0 radical (unpaired) electrons. The highest BCUT2D eigenvalue weighted by atomic mass is 15.2. The molecule has 2 heterocycles. The molecule has 3 aliphatic carbocycles. The van der Waals surface area contributed by atoms with Crippen molar-refractivity contribution in [2.75, 3.05) is 16.3 Å². The van der Waals surface area contributed by atoms with E-state index in [2.05, 4.69) is 230 Å². The number of para-hydroxylation sites is 3. The van der Waals surface area contributed by atoms with E-state index in [1.807, 2.05) is 0 Å². The zero-order valence-electron chi connectivity index (χ0n) is 37.4. The van der Waals surface area contributed by atoms with Gasteiger partial charge in [-0.1, -0.05) is 172 Å². The lowest BCUT2D eigenvalue weighted by molar-refractivity contribution is 0.660. The molecule has 0 unspecified atom stereocenters. The largest absolute Gasteiger partial charge is 0.341 e. The number of fused-ring (bicyclic) bond motifs is 16. The first kappa shape index (κ1) is 37.7. The number of nitrogens with zero attached hydrogens (tertiary/aromatic N) is 2. The predicted molar refractivity (Wildman–Crippen MR) is 275 cm³/mol. The average molecular weight is 845 g/mol. The van der Waals surface area contributed by atoms with Crippen molar-refractivity contribution in [3.05, 3.63) is 255 Å². The van der Waals surface area contributed by atoms with Crippen molar-refractivity contribution in [1.29, 1.82) is 0 Å². The minimum absolute atomic E-state index is 0.163. The maximum Gasteiger partial charge on any atom is 0.0726 e. The minimum atomic E-state index is -0.423. The maximum absolute atomic E-state index is 2.55. The fourth-order valence-electron chi connectivity index (χ4n) is 12.8. The number of rotatable bonds is 4. The van der Waals surface area contributed by atoms with Crippen molar-refractivity contribution in [1.82, 2.24) is 0 Å². The molecule has 66 heavy (non-hydrogen) atoms. The molecule has 5 aliphatic rings. The van der Waals surface area contributed by atoms with Crippen LogP contribution in [-0.4, -0.2) is 6.54 Å². The molecule has 0 N–H and O–H groups in total. The Morgan fingerprint density at radius 3 is 1.50 bits per heavy atom. The summed E-state index contributed by atoms with van der Waals surface area (Å²) in [5.74, 6) is 0. The molecule has 0 bridgehead atoms. The summed E-state index contributed by atoms with van der Waals surface area (Å²) in [6.07, 6.45) is 7.90. The predicted octanol–water partition coefficient (Wildman–Crippen LogP) is 16.0. The molecule has 2 nitrogen and oxygen atoms in total. The summed E-state index contributed by atoms with van der Waals surface area (Å²) in [6, 6.07) is 73.8. The Morgan fingerprint density at radius 1 is 0.394 bits per heavy atom. The zero-order valence-corrected chi connectivity index (χ0v) is 37.4. The van der Waals surface area contributed by atoms with Gasteiger partial charge in [-0.15, -0.1) is 0 Å². The van der Waals surface area contributed by atoms with E-state index in [1.165, 1.54) is 123 Å². The van der Waals surface area contributed by atoms with Gasteiger partial charge in [0.15, 0.2) is 0 Å². The van der Waals surface area contributed by atoms with Gasteiger partial charge in [0.25, 0.3) is 0 Å². The van der Waals surface area contributed by atoms with Crippen LogP contribution in [0.25, 0.3) is 45.5 Å². The van der Waals surface area contributed by atoms with Gasteiger partial charge in [0.2, 0.25) is 0 Å². The van der Waals surface area contributed by atoms with Crippen molar-refractivity contribution in [2.24, 2.45) is 0 Å². The first-order chi connectivity index (χ1) is 32.5. The SMILES string of the molecule is CC1(C)c2cc(C=Cc3ccc4c(c3)C3(c5ccccc5-c5ccccc53)c3cc(N5CCCc6ccccc65)ccc3-4)ccc2-c2ccc(N3c4ccccc4Cc4ccccc43)cc21. The third kappa shape index (κ3) is 5.19. The van der Waals surface area contributed by atoms with Crippen molar-refractivity contribution < 1.29 is 0 Å². The van der Waals surface area contributed by atoms with E-state index in [4.69, 9.17) is 0 Å². The molecule has 0 saturated carbocycles. The second-order valence-corrected chi connectivity index (χ2v) is 19.5. The molecule has 2 aliphatic heterocycles. The normalized spacial score (nSPS) is 15.9. The van der Waals surface area contributed by atoms with Gasteiger partial charge in [0.1, 0.15) is 0 Å². The quantitative estimate of drug-likeness (QED) is 0.163. The van der Waals surface area contributed by atoms with Crippen LogP contribution in [0.2, 0.25) is 0 Å². The van der Waals surface area contributed by atoms with E-state index in [9.17, 15) is 0 Å². The first-order valence-corrected chi connectivity index (χ1v) is 23.7.